The summed E-state index contributed by atoms with van der Waals surface area (Å²) in [6.07, 6.45) is -2.12. The van der Waals surface area contributed by atoms with Gasteiger partial charge in [0.1, 0.15) is 72.9 Å². The topological polar surface area (TPSA) is 329 Å². The Kier molecular flexibility index (Phi) is 28.2. The monoisotopic (exact) mass is 1720 g/mol. The second kappa shape index (κ2) is 38.6. The van der Waals surface area contributed by atoms with Gasteiger partial charge in [0, 0.05) is 91.5 Å². The lowest BCUT2D eigenvalue weighted by atomic mass is 9.78. The first-order chi connectivity index (χ1) is 57.4. The van der Waals surface area contributed by atoms with Crippen LogP contribution in [0.1, 0.15) is 122 Å². The van der Waals surface area contributed by atoms with Crippen LogP contribution in [0, 0.1) is 35.1 Å². The number of benzene rings is 8. The van der Waals surface area contributed by atoms with Gasteiger partial charge in [-0.2, -0.15) is 0 Å². The number of nitrogens with zero attached hydrogens (tertiary/aromatic N) is 2. The van der Waals surface area contributed by atoms with Crippen molar-refractivity contribution >= 4 is 122 Å². The summed E-state index contributed by atoms with van der Waals surface area (Å²) < 4.78 is 84.0. The molecule has 2 aliphatic carbocycles. The minimum absolute atomic E-state index is 0.0132. The van der Waals surface area contributed by atoms with E-state index < -0.39 is 127 Å². The normalized spacial score (nSPS) is 15.8. The molecule has 0 radical (unpaired) electrons. The Morgan fingerprint density at radius 1 is 0.483 bits per heavy atom. The van der Waals surface area contributed by atoms with Gasteiger partial charge in [0.25, 0.3) is 11.8 Å². The Labute approximate surface area is 708 Å². The van der Waals surface area contributed by atoms with Crippen LogP contribution in [0.2, 0.25) is 20.1 Å². The van der Waals surface area contributed by atoms with Crippen molar-refractivity contribution in [3.05, 3.63) is 257 Å². The maximum atomic E-state index is 16.5. The van der Waals surface area contributed by atoms with E-state index >= 15 is 18.4 Å². The third kappa shape index (κ3) is 20.4. The number of imide groups is 2. The fourth-order valence-corrected chi connectivity index (χ4v) is 16.2. The molecule has 0 unspecified atom stereocenters. The summed E-state index contributed by atoms with van der Waals surface area (Å²) in [5.74, 6) is -6.27. The lowest BCUT2D eigenvalue weighted by molar-refractivity contribution is -0.141. The smallest absolute Gasteiger partial charge is 0.445 e. The number of hydrogen-bond donors (Lipinski definition) is 8. The molecule has 31 heteroatoms. The van der Waals surface area contributed by atoms with Crippen molar-refractivity contribution in [3.8, 4) is 22.3 Å². The number of hydrogen-bond acceptors (Lipinski definition) is 13. The lowest BCUT2D eigenvalue weighted by Crippen LogP contribution is -2.66. The van der Waals surface area contributed by atoms with Crippen LogP contribution in [0.15, 0.2) is 158 Å². The predicted molar refractivity (Wildman–Crippen MR) is 446 cm³/mol. The highest BCUT2D eigenvalue weighted by atomic mass is 35.5. The van der Waals surface area contributed by atoms with E-state index in [9.17, 15) is 42.3 Å². The number of H-pyrrole nitrogens is 2. The second-order valence-corrected chi connectivity index (χ2v) is 32.1. The van der Waals surface area contributed by atoms with Gasteiger partial charge in [0.2, 0.25) is 11.8 Å². The van der Waals surface area contributed by atoms with Crippen LogP contribution in [-0.4, -0.2) is 110 Å². The summed E-state index contributed by atoms with van der Waals surface area (Å²) in [4.78, 5) is 135. The second-order valence-electron chi connectivity index (χ2n) is 30.4. The van der Waals surface area contributed by atoms with Crippen molar-refractivity contribution in [2.24, 2.45) is 23.3 Å². The third-order valence-corrected chi connectivity index (χ3v) is 23.3. The van der Waals surface area contributed by atoms with E-state index in [1.165, 1.54) is 60.7 Å². The summed E-state index contributed by atoms with van der Waals surface area (Å²) in [6, 6.07) is 35.1. The average molecular weight is 1720 g/mol. The number of amides is 10. The first-order valence-electron chi connectivity index (χ1n) is 39.1. The molecule has 10 N–H and O–H groups in total. The standard InChI is InChI=1S/C89H88Cl4F4N10O13/c1-5-49(3)43-106(83(98)112)81(110)88(35-33-71-65(41-88)63-37-59(90)39-67(92)77(63)100-71)104-79(108)73(102-85(114)117-45-55-13-7-9-19-69(55)94)31-25-51-21-27-53(28-22-51)61-17-11-15-57(75(61)96)47-119-87(116)120-48-58-16-12-18-62(76(58)97)54-29-23-52(24-30-54)26-32-74(103-86(115)118-46-56-14-8-10-20-70(56)95)80(109)105-89(82(111)107(84(99)113)44-50(4)6-2)36-34-72-66(42-89)64-38-60(91)40-68(93)78(64)101-72/h7-24,27-30,37-40,49-50,73-74,100-101H,5-6,25-26,31-36,41-48H2,1-4H3,(H2,98,112)(H2,99,113)(H,102,114)(H,103,115)(H,104,108)(H,105,109)/t49-,50-,73-,74-,88+,89+/m0/s1. The quantitative estimate of drug-likeness (QED) is 0.0118. The predicted octanol–water partition coefficient (Wildman–Crippen LogP) is 17.5. The number of halogens is 8. The minimum Gasteiger partial charge on any atom is -0.445 e. The zero-order chi connectivity index (χ0) is 85.9. The first kappa shape index (κ1) is 87.7. The summed E-state index contributed by atoms with van der Waals surface area (Å²) in [5, 5.41) is 13.6. The number of primary amides is 2. The summed E-state index contributed by atoms with van der Waals surface area (Å²) in [5.41, 5.74) is 14.4. The summed E-state index contributed by atoms with van der Waals surface area (Å²) in [6.45, 7) is 5.20. The maximum Gasteiger partial charge on any atom is 0.508 e. The van der Waals surface area contributed by atoms with Crippen LogP contribution in [0.4, 0.5) is 41.5 Å². The van der Waals surface area contributed by atoms with E-state index in [0.717, 1.165) is 21.2 Å². The molecule has 2 aromatic heterocycles. The molecule has 0 fully saturated rings. The Morgan fingerprint density at radius 3 is 1.22 bits per heavy atom. The van der Waals surface area contributed by atoms with Crippen molar-refractivity contribution in [3.63, 3.8) is 0 Å². The van der Waals surface area contributed by atoms with E-state index in [0.29, 0.717) is 88.1 Å². The zero-order valence-corrected chi connectivity index (χ0v) is 69.0. The number of carbonyl (C=O) groups is 9. The Hall–Kier alpha value is -11.7. The van der Waals surface area contributed by atoms with Crippen molar-refractivity contribution in [1.82, 2.24) is 41.0 Å². The molecule has 0 aliphatic heterocycles. The fourth-order valence-electron chi connectivity index (χ4n) is 15.1. The van der Waals surface area contributed by atoms with E-state index in [2.05, 4.69) is 31.2 Å². The maximum absolute atomic E-state index is 16.5. The van der Waals surface area contributed by atoms with Crippen molar-refractivity contribution in [2.75, 3.05) is 13.1 Å². The SMILES string of the molecule is CC[C@H](C)CN(C(N)=O)C(=O)[C@@]1(NC(=O)[C@H](CCc2ccc(-c3cccc(COC(=O)OCc4cccc(-c5ccc(CC[C@H](NC(=O)OCc6ccccc6F)C(=O)N[C@]6(C(=O)N(C[C@@H](C)CC)C(N)=O)CCc7[nH]c8c(Cl)cc(Cl)cc8c7C6)cc5)c4F)c3F)cc2)NC(=O)OCc2ccccc2F)CCc2[nH]c3c(Cl)cc(Cl)cc3c2C1. The summed E-state index contributed by atoms with van der Waals surface area (Å²) in [7, 11) is 0. The van der Waals surface area contributed by atoms with Gasteiger partial charge in [-0.1, -0.05) is 208 Å². The van der Waals surface area contributed by atoms with Gasteiger partial charge in [-0.3, -0.25) is 29.0 Å². The molecule has 10 aromatic rings. The number of aromatic amines is 2. The first-order valence-corrected chi connectivity index (χ1v) is 40.7. The third-order valence-electron chi connectivity index (χ3n) is 22.2. The Morgan fingerprint density at radius 2 is 0.850 bits per heavy atom. The minimum atomic E-state index is -1.81. The fraction of sp³-hybridized carbons (Fsp3) is 0.315. The molecule has 6 atom stereocenters. The molecule has 10 amide bonds. The van der Waals surface area contributed by atoms with Gasteiger partial charge >= 0.3 is 30.4 Å². The van der Waals surface area contributed by atoms with Gasteiger partial charge in [-0.05, 0) is 133 Å². The molecule has 0 saturated carbocycles. The molecule has 120 heavy (non-hydrogen) atoms. The van der Waals surface area contributed by atoms with E-state index in [1.54, 1.807) is 97.1 Å². The van der Waals surface area contributed by atoms with Crippen LogP contribution >= 0.6 is 46.4 Å². The number of aromatic nitrogens is 2. The number of carbonyl (C=O) groups excluding carboxylic acids is 9. The van der Waals surface area contributed by atoms with Crippen LogP contribution in [0.25, 0.3) is 44.1 Å². The van der Waals surface area contributed by atoms with Gasteiger partial charge in [-0.25, -0.2) is 41.5 Å². The number of ether oxygens (including phenoxy) is 4. The van der Waals surface area contributed by atoms with Crippen molar-refractivity contribution in [2.45, 2.75) is 154 Å². The van der Waals surface area contributed by atoms with Gasteiger partial charge < -0.3 is 61.6 Å². The molecule has 0 spiro atoms. The van der Waals surface area contributed by atoms with Crippen LogP contribution in [0.5, 0.6) is 0 Å². The highest BCUT2D eigenvalue weighted by Gasteiger charge is 2.50. The highest BCUT2D eigenvalue weighted by molar-refractivity contribution is 6.39. The number of rotatable bonds is 30. The number of urea groups is 2. The number of aryl methyl sites for hydroxylation is 4. The Balaban J connectivity index is 0.696. The summed E-state index contributed by atoms with van der Waals surface area (Å²) >= 11 is 26.3. The lowest BCUT2D eigenvalue weighted by Gasteiger charge is -2.40. The molecular weight excluding hydrogens is 1630 g/mol. The number of nitrogens with two attached hydrogens (primary N) is 2. The molecule has 0 bridgehead atoms. The molecule has 2 heterocycles. The van der Waals surface area contributed by atoms with Gasteiger partial charge in [0.05, 0.1) is 21.1 Å². The van der Waals surface area contributed by atoms with Crippen LogP contribution < -0.4 is 32.7 Å². The highest BCUT2D eigenvalue weighted by Crippen LogP contribution is 2.42. The number of fused-ring (bicyclic) bond motifs is 6. The van der Waals surface area contributed by atoms with E-state index in [4.69, 9.17) is 76.8 Å². The van der Waals surface area contributed by atoms with E-state index in [-0.39, 0.29) is 123 Å². The van der Waals surface area contributed by atoms with Crippen LogP contribution in [-0.2, 0) is 103 Å². The molecule has 8 aromatic carbocycles. The molecule has 628 valence electrons. The van der Waals surface area contributed by atoms with Crippen LogP contribution in [0.3, 0.4) is 0 Å². The van der Waals surface area contributed by atoms with E-state index in [1.807, 2.05) is 27.7 Å². The van der Waals surface area contributed by atoms with Crippen molar-refractivity contribution in [1.29, 1.82) is 0 Å². The average Bonchev–Trinajstić information content (AvgIpc) is 1.67. The largest absolute Gasteiger partial charge is 0.508 e. The molecule has 23 nitrogen and oxygen atoms in total. The molecule has 0 saturated heterocycles. The van der Waals surface area contributed by atoms with Gasteiger partial charge in [0.15, 0.2) is 0 Å². The van der Waals surface area contributed by atoms with Crippen molar-refractivity contribution < 1.29 is 79.7 Å². The molecule has 2 aliphatic rings. The Bertz CT molecular complexity index is 5230. The number of nitrogens with one attached hydrogen (secondary N) is 6. The molecular formula is C89H88Cl4F4N10O13. The van der Waals surface area contributed by atoms with Gasteiger partial charge in [-0.15, -0.1) is 0 Å². The molecule has 12 rings (SSSR count). The zero-order valence-electron chi connectivity index (χ0n) is 65.9. The number of alkyl carbamates (subject to hydrolysis) is 2.